The fourth-order valence-electron chi connectivity index (χ4n) is 7.24. The fourth-order valence-corrected chi connectivity index (χ4v) is 7.24. The number of benzene rings is 3. The third kappa shape index (κ3) is 5.20. The Morgan fingerprint density at radius 1 is 0.932 bits per heavy atom. The van der Waals surface area contributed by atoms with Gasteiger partial charge in [0.1, 0.15) is 11.4 Å². The quantitative estimate of drug-likeness (QED) is 0.193. The molecule has 44 heavy (non-hydrogen) atoms. The number of nitrogens with zero attached hydrogens (tertiary/aromatic N) is 2. The summed E-state index contributed by atoms with van der Waals surface area (Å²) in [5, 5.41) is 4.66. The highest BCUT2D eigenvalue weighted by Gasteiger charge is 2.52. The molecule has 3 atom stereocenters. The normalized spacial score (nSPS) is 24.7. The Bertz CT molecular complexity index is 1720. The Hall–Kier alpha value is -3.36. The molecule has 1 saturated carbocycles. The number of carbonyl (C=O) groups excluding carboxylic acids is 1. The van der Waals surface area contributed by atoms with Crippen LogP contribution in [0, 0.1) is 5.92 Å². The van der Waals surface area contributed by atoms with Crippen LogP contribution in [0.1, 0.15) is 92.4 Å². The summed E-state index contributed by atoms with van der Waals surface area (Å²) in [4.78, 5) is 23.8. The molecule has 7 nitrogen and oxygen atoms in total. The summed E-state index contributed by atoms with van der Waals surface area (Å²) in [5.74, 6) is 1.34. The lowest BCUT2D eigenvalue weighted by atomic mass is 9.78. The van der Waals surface area contributed by atoms with Gasteiger partial charge in [-0.15, -0.1) is 0 Å². The number of rotatable bonds is 3. The van der Waals surface area contributed by atoms with Gasteiger partial charge in [-0.3, -0.25) is 4.90 Å². The lowest BCUT2D eigenvalue weighted by Gasteiger charge is -2.34. The minimum Gasteiger partial charge on any atom is -0.444 e. The summed E-state index contributed by atoms with van der Waals surface area (Å²) < 4.78 is 18.5. The molecule has 1 amide bonds. The van der Waals surface area contributed by atoms with Crippen molar-refractivity contribution < 1.29 is 18.8 Å². The molecule has 0 bridgehead atoms. The van der Waals surface area contributed by atoms with E-state index in [4.69, 9.17) is 19.0 Å². The maximum atomic E-state index is 13.4. The van der Waals surface area contributed by atoms with Gasteiger partial charge in [0.15, 0.2) is 0 Å². The molecule has 3 heterocycles. The molecule has 7 rings (SSSR count). The average Bonchev–Trinajstić information content (AvgIpc) is 3.64. The number of aromatic amines is 1. The number of imidazole rings is 1. The largest absolute Gasteiger partial charge is 0.494 e. The van der Waals surface area contributed by atoms with Gasteiger partial charge in [0.05, 0.1) is 29.1 Å². The fraction of sp³-hybridized carbons (Fsp3) is 0.500. The number of likely N-dealkylation sites (tertiary alicyclic amines) is 1. The predicted octanol–water partition coefficient (Wildman–Crippen LogP) is 7.92. The zero-order valence-corrected chi connectivity index (χ0v) is 27.1. The molecule has 2 saturated heterocycles. The Morgan fingerprint density at radius 2 is 1.59 bits per heavy atom. The second kappa shape index (κ2) is 10.3. The van der Waals surface area contributed by atoms with Crippen molar-refractivity contribution in [1.82, 2.24) is 14.9 Å². The second-order valence-electron chi connectivity index (χ2n) is 15.0. The van der Waals surface area contributed by atoms with Crippen LogP contribution in [-0.2, 0) is 14.0 Å². The van der Waals surface area contributed by atoms with Gasteiger partial charge in [0, 0.05) is 11.6 Å². The maximum Gasteiger partial charge on any atom is 0.494 e. The lowest BCUT2D eigenvalue weighted by Crippen LogP contribution is -2.43. The molecule has 2 aliphatic heterocycles. The van der Waals surface area contributed by atoms with Gasteiger partial charge in [0.2, 0.25) is 0 Å². The van der Waals surface area contributed by atoms with E-state index >= 15 is 0 Å². The number of fused-ring (bicyclic) bond motifs is 3. The number of hydrogen-bond acceptors (Lipinski definition) is 5. The van der Waals surface area contributed by atoms with Gasteiger partial charge < -0.3 is 19.0 Å². The molecule has 1 N–H and O–H groups in total. The smallest absolute Gasteiger partial charge is 0.444 e. The first-order chi connectivity index (χ1) is 20.8. The summed E-state index contributed by atoms with van der Waals surface area (Å²) in [5.41, 5.74) is 1.78. The summed E-state index contributed by atoms with van der Waals surface area (Å²) in [6.45, 7) is 14.1. The minimum absolute atomic E-state index is 0.103. The van der Waals surface area contributed by atoms with Gasteiger partial charge in [0.25, 0.3) is 0 Å². The molecule has 0 radical (unpaired) electrons. The first-order valence-corrected chi connectivity index (χ1v) is 16.2. The highest BCUT2D eigenvalue weighted by molar-refractivity contribution is 6.62. The number of hydrogen-bond donors (Lipinski definition) is 1. The predicted molar refractivity (Wildman–Crippen MR) is 176 cm³/mol. The van der Waals surface area contributed by atoms with Gasteiger partial charge in [-0.1, -0.05) is 43.2 Å². The van der Waals surface area contributed by atoms with Crippen molar-refractivity contribution >= 4 is 40.2 Å². The zero-order valence-electron chi connectivity index (χ0n) is 27.1. The Balaban J connectivity index is 1.16. The molecule has 3 fully saturated rings. The van der Waals surface area contributed by atoms with Crippen molar-refractivity contribution in [3.8, 4) is 11.3 Å². The first-order valence-electron chi connectivity index (χ1n) is 16.2. The molecule has 8 heteroatoms. The summed E-state index contributed by atoms with van der Waals surface area (Å²) in [6.07, 6.45) is 7.18. The molecule has 4 aromatic rings. The highest BCUT2D eigenvalue weighted by atomic mass is 16.7. The van der Waals surface area contributed by atoms with E-state index in [1.165, 1.54) is 17.2 Å². The van der Waals surface area contributed by atoms with Crippen LogP contribution < -0.4 is 5.46 Å². The molecule has 0 spiro atoms. The third-order valence-electron chi connectivity index (χ3n) is 10.3. The Kier molecular flexibility index (Phi) is 6.90. The molecule has 1 unspecified atom stereocenters. The van der Waals surface area contributed by atoms with Crippen LogP contribution in [0.5, 0.6) is 0 Å². The second-order valence-corrected chi connectivity index (χ2v) is 15.0. The van der Waals surface area contributed by atoms with Crippen molar-refractivity contribution in [3.63, 3.8) is 0 Å². The van der Waals surface area contributed by atoms with E-state index in [0.29, 0.717) is 5.92 Å². The van der Waals surface area contributed by atoms with Crippen molar-refractivity contribution in [1.29, 1.82) is 0 Å². The van der Waals surface area contributed by atoms with Crippen LogP contribution in [0.2, 0.25) is 0 Å². The monoisotopic (exact) mass is 593 g/mol. The number of aromatic nitrogens is 2. The molecular weight excluding hydrogens is 549 g/mol. The van der Waals surface area contributed by atoms with Crippen molar-refractivity contribution in [2.45, 2.75) is 109 Å². The molecule has 3 aliphatic rings. The standard InChI is InChI=1S/C36H44BN3O4/c1-34(2,3)42-33(41)40-30-11-9-8-10-25(30)20-31(40)32-38-21-29(39-32)24-13-12-22-17-27-19-28(15-14-23(27)16-26(22)18-24)37-43-35(4,5)36(6,7)44-37/h12-19,21,25,30-31H,8-11,20H2,1-7H3,(H,38,39)/t25-,30-,31?/m0/s1. The van der Waals surface area contributed by atoms with Gasteiger partial charge in [-0.05, 0) is 119 Å². The summed E-state index contributed by atoms with van der Waals surface area (Å²) in [6, 6.07) is 17.6. The van der Waals surface area contributed by atoms with Gasteiger partial charge in [-0.25, -0.2) is 9.78 Å². The summed E-state index contributed by atoms with van der Waals surface area (Å²) in [7, 11) is -0.382. The first kappa shape index (κ1) is 29.4. The van der Waals surface area contributed by atoms with Crippen molar-refractivity contribution in [2.75, 3.05) is 0 Å². The molecular formula is C36H44BN3O4. The molecule has 3 aromatic carbocycles. The van der Waals surface area contributed by atoms with Gasteiger partial charge >= 0.3 is 13.2 Å². The third-order valence-corrected chi connectivity index (χ3v) is 10.3. The van der Waals surface area contributed by atoms with E-state index in [-0.39, 0.29) is 36.5 Å². The van der Waals surface area contributed by atoms with Crippen LogP contribution in [0.25, 0.3) is 32.8 Å². The van der Waals surface area contributed by atoms with Crippen molar-refractivity contribution in [3.05, 3.63) is 60.6 Å². The Morgan fingerprint density at radius 3 is 2.30 bits per heavy atom. The van der Waals surface area contributed by atoms with E-state index in [1.54, 1.807) is 0 Å². The molecule has 1 aromatic heterocycles. The number of carbonyl (C=O) groups is 1. The lowest BCUT2D eigenvalue weighted by molar-refractivity contribution is 0.00578. The van der Waals surface area contributed by atoms with Crippen LogP contribution in [0.15, 0.2) is 54.7 Å². The van der Waals surface area contributed by atoms with E-state index in [1.807, 2.05) is 31.9 Å². The van der Waals surface area contributed by atoms with Crippen LogP contribution >= 0.6 is 0 Å². The number of nitrogens with one attached hydrogen (secondary N) is 1. The highest BCUT2D eigenvalue weighted by Crippen LogP contribution is 2.46. The topological polar surface area (TPSA) is 76.7 Å². The number of ether oxygens (including phenoxy) is 1. The molecule has 1 aliphatic carbocycles. The van der Waals surface area contributed by atoms with Crippen molar-refractivity contribution in [2.24, 2.45) is 5.92 Å². The number of H-pyrrole nitrogens is 1. The van der Waals surface area contributed by atoms with E-state index in [9.17, 15) is 4.79 Å². The van der Waals surface area contributed by atoms with Crippen LogP contribution in [0.4, 0.5) is 4.79 Å². The summed E-state index contributed by atoms with van der Waals surface area (Å²) >= 11 is 0. The average molecular weight is 594 g/mol. The number of amides is 1. The molecule has 230 valence electrons. The van der Waals surface area contributed by atoms with Crippen LogP contribution in [0.3, 0.4) is 0 Å². The van der Waals surface area contributed by atoms with E-state index < -0.39 is 5.60 Å². The van der Waals surface area contributed by atoms with Crippen LogP contribution in [-0.4, -0.2) is 50.9 Å². The maximum absolute atomic E-state index is 13.4. The Labute approximate surface area is 260 Å². The van der Waals surface area contributed by atoms with E-state index in [2.05, 4.69) is 81.2 Å². The zero-order chi connectivity index (χ0) is 31.0. The SMILES string of the molecule is CC(C)(C)OC(=O)N1C(c2ncc(-c3ccc4cc5cc(B6OC(C)(C)C(C)(C)O6)ccc5cc4c3)[nH]2)C[C@@H]2CCCC[C@@H]21. The van der Waals surface area contributed by atoms with E-state index in [0.717, 1.165) is 59.0 Å². The van der Waals surface area contributed by atoms with Gasteiger partial charge in [-0.2, -0.15) is 0 Å². The minimum atomic E-state index is -0.536.